The van der Waals surface area contributed by atoms with E-state index in [-0.39, 0.29) is 23.2 Å². The van der Waals surface area contributed by atoms with Gasteiger partial charge in [-0.3, -0.25) is 0 Å². The maximum atomic E-state index is 10.9. The van der Waals surface area contributed by atoms with Gasteiger partial charge in [-0.2, -0.15) is 0 Å². The lowest BCUT2D eigenvalue weighted by molar-refractivity contribution is 0.0689. The number of carboxylic acids is 1. The number of halogens is 2. The van der Waals surface area contributed by atoms with Crippen LogP contribution in [-0.4, -0.2) is 16.1 Å². The van der Waals surface area contributed by atoms with Crippen molar-refractivity contribution in [2.75, 3.05) is 0 Å². The van der Waals surface area contributed by atoms with Crippen molar-refractivity contribution in [3.05, 3.63) is 57.7 Å². The Balaban J connectivity index is 2.09. The van der Waals surface area contributed by atoms with Crippen molar-refractivity contribution in [2.45, 2.75) is 6.61 Å². The molecular formula is C13H9Cl2NO3. The van der Waals surface area contributed by atoms with E-state index in [0.29, 0.717) is 5.02 Å². The first-order valence-corrected chi connectivity index (χ1v) is 6.09. The minimum atomic E-state index is -1.19. The Bertz CT molecular complexity index is 599. The number of pyridine rings is 1. The molecular weight excluding hydrogens is 289 g/mol. The van der Waals surface area contributed by atoms with Crippen molar-refractivity contribution < 1.29 is 14.6 Å². The molecule has 2 rings (SSSR count). The van der Waals surface area contributed by atoms with Gasteiger partial charge in [-0.15, -0.1) is 0 Å². The first-order chi connectivity index (χ1) is 9.06. The fourth-order valence-electron chi connectivity index (χ4n) is 1.39. The van der Waals surface area contributed by atoms with E-state index < -0.39 is 5.97 Å². The third-order valence-electron chi connectivity index (χ3n) is 2.32. The highest BCUT2D eigenvalue weighted by molar-refractivity contribution is 6.33. The number of carboxylic acid groups (broad SMARTS) is 1. The second-order valence-electron chi connectivity index (χ2n) is 3.70. The van der Waals surface area contributed by atoms with Gasteiger partial charge in [-0.1, -0.05) is 35.3 Å². The molecule has 0 amide bonds. The quantitative estimate of drug-likeness (QED) is 0.935. The molecule has 0 saturated heterocycles. The molecule has 0 saturated carbocycles. The van der Waals surface area contributed by atoms with Crippen LogP contribution in [-0.2, 0) is 6.61 Å². The normalized spacial score (nSPS) is 10.2. The summed E-state index contributed by atoms with van der Waals surface area (Å²) in [5.74, 6) is -0.987. The lowest BCUT2D eigenvalue weighted by atomic mass is 10.2. The number of benzene rings is 1. The zero-order valence-electron chi connectivity index (χ0n) is 9.64. The highest BCUT2D eigenvalue weighted by atomic mass is 35.5. The predicted octanol–water partition coefficient (Wildman–Crippen LogP) is 3.67. The summed E-state index contributed by atoms with van der Waals surface area (Å²) in [5.41, 5.74) is 0.674. The number of hydrogen-bond donors (Lipinski definition) is 1. The molecule has 1 heterocycles. The van der Waals surface area contributed by atoms with Gasteiger partial charge in [0.05, 0.1) is 5.02 Å². The minimum absolute atomic E-state index is 0.0753. The van der Waals surface area contributed by atoms with E-state index in [1.165, 1.54) is 12.1 Å². The van der Waals surface area contributed by atoms with Gasteiger partial charge in [0.15, 0.2) is 5.69 Å². The molecule has 0 unspecified atom stereocenters. The molecule has 0 radical (unpaired) electrons. The van der Waals surface area contributed by atoms with Crippen molar-refractivity contribution in [1.29, 1.82) is 0 Å². The zero-order chi connectivity index (χ0) is 13.8. The van der Waals surface area contributed by atoms with Crippen LogP contribution in [0.4, 0.5) is 0 Å². The first kappa shape index (κ1) is 13.6. The van der Waals surface area contributed by atoms with E-state index in [1.54, 1.807) is 12.1 Å². The molecule has 1 aromatic heterocycles. The fourth-order valence-corrected chi connectivity index (χ4v) is 1.70. The highest BCUT2D eigenvalue weighted by Crippen LogP contribution is 2.19. The Morgan fingerprint density at radius 1 is 1.16 bits per heavy atom. The van der Waals surface area contributed by atoms with Gasteiger partial charge in [0.1, 0.15) is 6.61 Å². The number of carbonyl (C=O) groups is 1. The number of nitrogens with zero attached hydrogens (tertiary/aromatic N) is 1. The molecule has 0 aliphatic carbocycles. The Labute approximate surface area is 119 Å². The number of aromatic nitrogens is 1. The Morgan fingerprint density at radius 3 is 2.47 bits per heavy atom. The largest absolute Gasteiger partial charge is 0.476 e. The summed E-state index contributed by atoms with van der Waals surface area (Å²) in [6, 6.07) is 10.1. The van der Waals surface area contributed by atoms with Crippen LogP contribution in [0.2, 0.25) is 10.0 Å². The van der Waals surface area contributed by atoms with Gasteiger partial charge < -0.3 is 9.84 Å². The summed E-state index contributed by atoms with van der Waals surface area (Å²) in [6.45, 7) is 0.269. The van der Waals surface area contributed by atoms with Crippen molar-refractivity contribution in [2.24, 2.45) is 0 Å². The molecule has 6 heteroatoms. The Kier molecular flexibility index (Phi) is 4.24. The first-order valence-electron chi connectivity index (χ1n) is 5.33. The molecule has 0 fully saturated rings. The third-order valence-corrected chi connectivity index (χ3v) is 2.88. The highest BCUT2D eigenvalue weighted by Gasteiger charge is 2.12. The van der Waals surface area contributed by atoms with Gasteiger partial charge in [0, 0.05) is 11.1 Å². The van der Waals surface area contributed by atoms with Gasteiger partial charge in [-0.05, 0) is 23.8 Å². The fraction of sp³-hybridized carbons (Fsp3) is 0.0769. The predicted molar refractivity (Wildman–Crippen MR) is 72.0 cm³/mol. The van der Waals surface area contributed by atoms with Crippen molar-refractivity contribution in [3.63, 3.8) is 0 Å². The summed E-state index contributed by atoms with van der Waals surface area (Å²) in [6.07, 6.45) is 0. The van der Waals surface area contributed by atoms with Crippen LogP contribution >= 0.6 is 23.2 Å². The number of aromatic carboxylic acids is 1. The molecule has 0 aliphatic rings. The Hall–Kier alpha value is -1.78. The van der Waals surface area contributed by atoms with Crippen LogP contribution in [0.5, 0.6) is 5.88 Å². The molecule has 4 nitrogen and oxygen atoms in total. The van der Waals surface area contributed by atoms with Crippen molar-refractivity contribution in [1.82, 2.24) is 4.98 Å². The van der Waals surface area contributed by atoms with Crippen LogP contribution in [0.1, 0.15) is 16.1 Å². The maximum absolute atomic E-state index is 10.9. The number of rotatable bonds is 4. The number of hydrogen-bond acceptors (Lipinski definition) is 3. The van der Waals surface area contributed by atoms with E-state index >= 15 is 0 Å². The monoisotopic (exact) mass is 297 g/mol. The molecule has 2 aromatic rings. The number of ether oxygens (including phenoxy) is 1. The molecule has 0 aliphatic heterocycles. The standard InChI is InChI=1S/C13H9Cl2NO3/c14-9-3-1-8(2-4-9)7-19-11-6-5-10(15)12(16-11)13(17)18/h1-6H,7H2,(H,17,18). The summed E-state index contributed by atoms with van der Waals surface area (Å²) in [5, 5.41) is 9.60. The third kappa shape index (κ3) is 3.59. The molecule has 1 aromatic carbocycles. The van der Waals surface area contributed by atoms with Crippen molar-refractivity contribution >= 4 is 29.2 Å². The van der Waals surface area contributed by atoms with E-state index in [1.807, 2.05) is 12.1 Å². The van der Waals surface area contributed by atoms with E-state index in [0.717, 1.165) is 5.56 Å². The molecule has 0 atom stereocenters. The van der Waals surface area contributed by atoms with Crippen LogP contribution in [0.3, 0.4) is 0 Å². The average Bonchev–Trinajstić information content (AvgIpc) is 2.39. The summed E-state index contributed by atoms with van der Waals surface area (Å²) in [4.78, 5) is 14.7. The second-order valence-corrected chi connectivity index (χ2v) is 4.54. The molecule has 0 spiro atoms. The van der Waals surface area contributed by atoms with Crippen molar-refractivity contribution in [3.8, 4) is 5.88 Å². The van der Waals surface area contributed by atoms with Crippen LogP contribution in [0.25, 0.3) is 0 Å². The molecule has 0 bridgehead atoms. The summed E-state index contributed by atoms with van der Waals surface area (Å²) < 4.78 is 5.40. The lowest BCUT2D eigenvalue weighted by Gasteiger charge is -2.06. The Morgan fingerprint density at radius 2 is 1.84 bits per heavy atom. The van der Waals surface area contributed by atoms with E-state index in [2.05, 4.69) is 4.98 Å². The SMILES string of the molecule is O=C(O)c1nc(OCc2ccc(Cl)cc2)ccc1Cl. The van der Waals surface area contributed by atoms with Gasteiger partial charge >= 0.3 is 5.97 Å². The van der Waals surface area contributed by atoms with Gasteiger partial charge in [-0.25, -0.2) is 9.78 Å². The second kappa shape index (κ2) is 5.91. The maximum Gasteiger partial charge on any atom is 0.356 e. The summed E-state index contributed by atoms with van der Waals surface area (Å²) >= 11 is 11.5. The van der Waals surface area contributed by atoms with Crippen LogP contribution in [0, 0.1) is 0 Å². The molecule has 1 N–H and O–H groups in total. The minimum Gasteiger partial charge on any atom is -0.476 e. The smallest absolute Gasteiger partial charge is 0.356 e. The van der Waals surface area contributed by atoms with E-state index in [9.17, 15) is 4.79 Å². The van der Waals surface area contributed by atoms with Gasteiger partial charge in [0.2, 0.25) is 5.88 Å². The van der Waals surface area contributed by atoms with Gasteiger partial charge in [0.25, 0.3) is 0 Å². The van der Waals surface area contributed by atoms with Crippen LogP contribution in [0.15, 0.2) is 36.4 Å². The topological polar surface area (TPSA) is 59.4 Å². The summed E-state index contributed by atoms with van der Waals surface area (Å²) in [7, 11) is 0. The lowest BCUT2D eigenvalue weighted by Crippen LogP contribution is -2.04. The molecule has 19 heavy (non-hydrogen) atoms. The van der Waals surface area contributed by atoms with Crippen LogP contribution < -0.4 is 4.74 Å². The average molecular weight is 298 g/mol. The van der Waals surface area contributed by atoms with E-state index in [4.69, 9.17) is 33.0 Å². The zero-order valence-corrected chi connectivity index (χ0v) is 11.1. The molecule has 98 valence electrons.